The monoisotopic (exact) mass is 267 g/mol. The lowest BCUT2D eigenvalue weighted by Crippen LogP contribution is -2.29. The molecule has 1 aromatic rings. The predicted octanol–water partition coefficient (Wildman–Crippen LogP) is 2.92. The lowest BCUT2D eigenvalue weighted by molar-refractivity contribution is -0.0469. The number of rotatable bonds is 4. The molecule has 108 valence electrons. The highest BCUT2D eigenvalue weighted by Gasteiger charge is 2.41. The maximum absolute atomic E-state index is 6.16. The first-order valence-corrected chi connectivity index (χ1v) is 7.13. The molecule has 0 amide bonds. The topological polar surface area (TPSA) is 74.2 Å². The van der Waals surface area contributed by atoms with Crippen molar-refractivity contribution in [3.8, 4) is 0 Å². The molecule has 2 rings (SSSR count). The van der Waals surface area contributed by atoms with Crippen LogP contribution in [-0.4, -0.2) is 16.7 Å². The van der Waals surface area contributed by atoms with Gasteiger partial charge in [-0.2, -0.15) is 4.98 Å². The van der Waals surface area contributed by atoms with Crippen LogP contribution in [0.2, 0.25) is 0 Å². The summed E-state index contributed by atoms with van der Waals surface area (Å²) in [6, 6.07) is -0.256. The molecule has 5 heteroatoms. The van der Waals surface area contributed by atoms with Crippen LogP contribution in [0.25, 0.3) is 0 Å². The lowest BCUT2D eigenvalue weighted by atomic mass is 9.87. The second-order valence-corrected chi connectivity index (χ2v) is 6.43. The Morgan fingerprint density at radius 2 is 2.00 bits per heavy atom. The Labute approximate surface area is 114 Å². The Kier molecular flexibility index (Phi) is 3.97. The summed E-state index contributed by atoms with van der Waals surface area (Å²) in [7, 11) is 0. The average molecular weight is 267 g/mol. The smallest absolute Gasteiger partial charge is 0.244 e. The van der Waals surface area contributed by atoms with E-state index in [-0.39, 0.29) is 17.1 Å². The van der Waals surface area contributed by atoms with Crippen molar-refractivity contribution in [1.82, 2.24) is 10.1 Å². The average Bonchev–Trinajstić information content (AvgIpc) is 2.95. The van der Waals surface area contributed by atoms with Gasteiger partial charge >= 0.3 is 0 Å². The van der Waals surface area contributed by atoms with Crippen molar-refractivity contribution in [2.24, 2.45) is 11.1 Å². The zero-order valence-corrected chi connectivity index (χ0v) is 12.4. The fourth-order valence-electron chi connectivity index (χ4n) is 2.57. The Morgan fingerprint density at radius 1 is 1.37 bits per heavy atom. The number of nitrogens with two attached hydrogens (primary N) is 1. The predicted molar refractivity (Wildman–Crippen MR) is 72.5 cm³/mol. The normalized spacial score (nSPS) is 20.7. The highest BCUT2D eigenvalue weighted by molar-refractivity contribution is 5.06. The molecule has 0 bridgehead atoms. The van der Waals surface area contributed by atoms with E-state index >= 15 is 0 Å². The van der Waals surface area contributed by atoms with Gasteiger partial charge < -0.3 is 15.0 Å². The minimum absolute atomic E-state index is 0.0990. The zero-order chi connectivity index (χ0) is 14.1. The van der Waals surface area contributed by atoms with Crippen LogP contribution >= 0.6 is 0 Å². The van der Waals surface area contributed by atoms with Crippen LogP contribution in [0.5, 0.6) is 0 Å². The third kappa shape index (κ3) is 2.82. The summed E-state index contributed by atoms with van der Waals surface area (Å²) >= 11 is 0. The van der Waals surface area contributed by atoms with Gasteiger partial charge in [-0.3, -0.25) is 0 Å². The van der Waals surface area contributed by atoms with Gasteiger partial charge in [-0.25, -0.2) is 0 Å². The molecule has 1 saturated carbocycles. The molecule has 0 unspecified atom stereocenters. The van der Waals surface area contributed by atoms with Gasteiger partial charge in [0.1, 0.15) is 5.60 Å². The lowest BCUT2D eigenvalue weighted by Gasteiger charge is -2.25. The van der Waals surface area contributed by atoms with Crippen LogP contribution in [0.3, 0.4) is 0 Å². The molecular weight excluding hydrogens is 242 g/mol. The van der Waals surface area contributed by atoms with Crippen LogP contribution in [0.15, 0.2) is 4.52 Å². The van der Waals surface area contributed by atoms with Crippen LogP contribution in [0, 0.1) is 5.41 Å². The molecule has 1 atom stereocenters. The van der Waals surface area contributed by atoms with E-state index in [9.17, 15) is 0 Å². The molecule has 0 aromatic carbocycles. The van der Waals surface area contributed by atoms with Gasteiger partial charge in [0.05, 0.1) is 6.04 Å². The molecule has 0 radical (unpaired) electrons. The number of nitrogens with zero attached hydrogens (tertiary/aromatic N) is 2. The SMILES string of the molecule is CCOC1(c2noc([C@H](N)C(C)(C)C)n2)CCCC1. The fourth-order valence-corrected chi connectivity index (χ4v) is 2.57. The molecule has 1 heterocycles. The van der Waals surface area contributed by atoms with Crippen LogP contribution in [0.4, 0.5) is 0 Å². The van der Waals surface area contributed by atoms with Crippen molar-refractivity contribution >= 4 is 0 Å². The Morgan fingerprint density at radius 3 is 2.53 bits per heavy atom. The molecule has 2 N–H and O–H groups in total. The van der Waals surface area contributed by atoms with Crippen molar-refractivity contribution in [2.45, 2.75) is 65.0 Å². The van der Waals surface area contributed by atoms with E-state index in [0.29, 0.717) is 18.3 Å². The van der Waals surface area contributed by atoms with Gasteiger partial charge in [0.2, 0.25) is 11.7 Å². The van der Waals surface area contributed by atoms with E-state index in [1.54, 1.807) is 0 Å². The molecular formula is C14H25N3O2. The van der Waals surface area contributed by atoms with Crippen LogP contribution in [0.1, 0.15) is 71.1 Å². The quantitative estimate of drug-likeness (QED) is 0.907. The minimum atomic E-state index is -0.353. The summed E-state index contributed by atoms with van der Waals surface area (Å²) in [6.45, 7) is 8.86. The van der Waals surface area contributed by atoms with Crippen LogP contribution in [-0.2, 0) is 10.3 Å². The molecule has 1 aliphatic carbocycles. The minimum Gasteiger partial charge on any atom is -0.367 e. The van der Waals surface area contributed by atoms with E-state index in [4.69, 9.17) is 15.0 Å². The maximum atomic E-state index is 6.16. The first-order chi connectivity index (χ1) is 8.89. The first-order valence-electron chi connectivity index (χ1n) is 7.13. The zero-order valence-electron chi connectivity index (χ0n) is 12.4. The summed E-state index contributed by atoms with van der Waals surface area (Å²) < 4.78 is 11.3. The van der Waals surface area contributed by atoms with Crippen molar-refractivity contribution in [3.63, 3.8) is 0 Å². The largest absolute Gasteiger partial charge is 0.367 e. The Hall–Kier alpha value is -0.940. The highest BCUT2D eigenvalue weighted by Crippen LogP contribution is 2.41. The number of hydrogen-bond donors (Lipinski definition) is 1. The Bertz CT molecular complexity index is 417. The van der Waals surface area contributed by atoms with Gasteiger partial charge in [0.25, 0.3) is 0 Å². The van der Waals surface area contributed by atoms with Gasteiger partial charge in [0.15, 0.2) is 0 Å². The van der Waals surface area contributed by atoms with E-state index in [0.717, 1.165) is 25.7 Å². The standard InChI is InChI=1S/C14H25N3O2/c1-5-18-14(8-6-7-9-14)12-16-11(19-17-12)10(15)13(2,3)4/h10H,5-9,15H2,1-4H3/t10-/m0/s1. The number of aromatic nitrogens is 2. The number of hydrogen-bond acceptors (Lipinski definition) is 5. The summed E-state index contributed by atoms with van der Waals surface area (Å²) in [4.78, 5) is 4.52. The highest BCUT2D eigenvalue weighted by atomic mass is 16.5. The summed E-state index contributed by atoms with van der Waals surface area (Å²) in [5, 5.41) is 4.13. The third-order valence-electron chi connectivity index (χ3n) is 3.88. The molecule has 1 aromatic heterocycles. The third-order valence-corrected chi connectivity index (χ3v) is 3.88. The molecule has 19 heavy (non-hydrogen) atoms. The molecule has 0 spiro atoms. The van der Waals surface area contributed by atoms with Gasteiger partial charge in [-0.1, -0.05) is 25.9 Å². The van der Waals surface area contributed by atoms with E-state index in [1.165, 1.54) is 0 Å². The van der Waals surface area contributed by atoms with Crippen LogP contribution < -0.4 is 5.73 Å². The second kappa shape index (κ2) is 5.21. The molecule has 5 nitrogen and oxygen atoms in total. The summed E-state index contributed by atoms with van der Waals surface area (Å²) in [5.41, 5.74) is 5.71. The first kappa shape index (κ1) is 14.5. The molecule has 0 saturated heterocycles. The molecule has 0 aliphatic heterocycles. The van der Waals surface area contributed by atoms with E-state index in [2.05, 4.69) is 30.9 Å². The molecule has 1 aliphatic rings. The van der Waals surface area contributed by atoms with E-state index < -0.39 is 0 Å². The molecule has 1 fully saturated rings. The Balaban J connectivity index is 2.24. The van der Waals surface area contributed by atoms with Gasteiger partial charge in [0, 0.05) is 6.61 Å². The summed E-state index contributed by atoms with van der Waals surface area (Å²) in [6.07, 6.45) is 4.22. The van der Waals surface area contributed by atoms with Crippen molar-refractivity contribution in [2.75, 3.05) is 6.61 Å². The van der Waals surface area contributed by atoms with E-state index in [1.807, 2.05) is 6.92 Å². The van der Waals surface area contributed by atoms with Crippen molar-refractivity contribution in [3.05, 3.63) is 11.7 Å². The van der Waals surface area contributed by atoms with Gasteiger partial charge in [-0.15, -0.1) is 0 Å². The van der Waals surface area contributed by atoms with Crippen molar-refractivity contribution < 1.29 is 9.26 Å². The number of ether oxygens (including phenoxy) is 1. The fraction of sp³-hybridized carbons (Fsp3) is 0.857. The van der Waals surface area contributed by atoms with Crippen molar-refractivity contribution in [1.29, 1.82) is 0 Å². The van der Waals surface area contributed by atoms with Gasteiger partial charge in [-0.05, 0) is 38.0 Å². The second-order valence-electron chi connectivity index (χ2n) is 6.43. The summed E-state index contributed by atoms with van der Waals surface area (Å²) in [5.74, 6) is 1.18. The maximum Gasteiger partial charge on any atom is 0.244 e.